The number of nitrogens with zero attached hydrogens (tertiary/aromatic N) is 5. The number of hydrogen-bond acceptors (Lipinski definition) is 7. The van der Waals surface area contributed by atoms with Crippen LogP contribution >= 0.6 is 11.3 Å². The summed E-state index contributed by atoms with van der Waals surface area (Å²) in [5.41, 5.74) is 0.994. The number of amides is 1. The van der Waals surface area contributed by atoms with Gasteiger partial charge in [0, 0.05) is 19.2 Å². The van der Waals surface area contributed by atoms with Crippen molar-refractivity contribution in [3.05, 3.63) is 48.0 Å². The van der Waals surface area contributed by atoms with Crippen LogP contribution in [0, 0.1) is 5.82 Å². The minimum Gasteiger partial charge on any atom is -0.365 e. The zero-order valence-electron chi connectivity index (χ0n) is 16.0. The van der Waals surface area contributed by atoms with Gasteiger partial charge in [0.1, 0.15) is 23.7 Å². The number of thiazole rings is 1. The van der Waals surface area contributed by atoms with Gasteiger partial charge in [0.25, 0.3) is 5.91 Å². The van der Waals surface area contributed by atoms with E-state index in [0.29, 0.717) is 32.7 Å². The van der Waals surface area contributed by atoms with Crippen LogP contribution in [0.5, 0.6) is 0 Å². The molecule has 0 radical (unpaired) electrons. The van der Waals surface area contributed by atoms with E-state index < -0.39 is 11.7 Å². The second-order valence-corrected chi connectivity index (χ2v) is 7.62. The normalized spacial score (nSPS) is 11.2. The number of rotatable bonds is 5. The predicted molar refractivity (Wildman–Crippen MR) is 111 cm³/mol. The van der Waals surface area contributed by atoms with Crippen molar-refractivity contribution < 1.29 is 9.18 Å². The Bertz CT molecular complexity index is 1200. The van der Waals surface area contributed by atoms with Crippen LogP contribution in [0.3, 0.4) is 0 Å². The van der Waals surface area contributed by atoms with E-state index in [1.165, 1.54) is 23.5 Å². The Morgan fingerprint density at radius 2 is 2.07 bits per heavy atom. The highest BCUT2D eigenvalue weighted by molar-refractivity contribution is 7.22. The fraction of sp³-hybridized carbons (Fsp3) is 0.211. The average molecular weight is 411 g/mol. The summed E-state index contributed by atoms with van der Waals surface area (Å²) in [6.07, 6.45) is 1.63. The van der Waals surface area contributed by atoms with Gasteiger partial charge in [-0.05, 0) is 32.0 Å². The number of carbonyl (C=O) groups is 1. The molecule has 10 heteroatoms. The molecule has 1 aromatic carbocycles. The van der Waals surface area contributed by atoms with E-state index in [1.54, 1.807) is 31.6 Å². The zero-order chi connectivity index (χ0) is 20.5. The van der Waals surface area contributed by atoms with Crippen LogP contribution < -0.4 is 10.6 Å². The van der Waals surface area contributed by atoms with E-state index in [-0.39, 0.29) is 11.6 Å². The average Bonchev–Trinajstić information content (AvgIpc) is 3.34. The third-order valence-corrected chi connectivity index (χ3v) is 5.32. The molecule has 2 N–H and O–H groups in total. The first-order chi connectivity index (χ1) is 14.0. The van der Waals surface area contributed by atoms with Crippen molar-refractivity contribution in [1.82, 2.24) is 24.7 Å². The van der Waals surface area contributed by atoms with Gasteiger partial charge in [0.05, 0.1) is 15.8 Å². The topological polar surface area (TPSA) is 97.6 Å². The number of carbonyl (C=O) groups excluding carboxylic acids is 1. The molecule has 4 aromatic rings. The summed E-state index contributed by atoms with van der Waals surface area (Å²) in [5.74, 6) is -0.337. The lowest BCUT2D eigenvalue weighted by atomic mass is 10.2. The summed E-state index contributed by atoms with van der Waals surface area (Å²) < 4.78 is 17.1. The third kappa shape index (κ3) is 3.66. The monoisotopic (exact) mass is 411 g/mol. The maximum absolute atomic E-state index is 14.5. The first kappa shape index (κ1) is 18.9. The Hall–Kier alpha value is -3.40. The highest BCUT2D eigenvalue weighted by Gasteiger charge is 2.17. The molecular formula is C19H18FN7OS. The Balaban J connectivity index is 1.63. The number of hydrogen-bond donors (Lipinski definition) is 2. The molecule has 0 unspecified atom stereocenters. The first-order valence-electron chi connectivity index (χ1n) is 8.92. The molecule has 29 heavy (non-hydrogen) atoms. The molecule has 0 aliphatic carbocycles. The molecule has 4 rings (SSSR count). The molecule has 0 aliphatic rings. The fourth-order valence-corrected chi connectivity index (χ4v) is 3.69. The van der Waals surface area contributed by atoms with Gasteiger partial charge in [0.15, 0.2) is 11.0 Å². The van der Waals surface area contributed by atoms with Gasteiger partial charge >= 0.3 is 0 Å². The Morgan fingerprint density at radius 3 is 2.83 bits per heavy atom. The summed E-state index contributed by atoms with van der Waals surface area (Å²) in [5, 5.41) is 14.3. The van der Waals surface area contributed by atoms with Crippen LogP contribution in [0.15, 0.2) is 36.7 Å². The number of halogens is 1. The number of nitrogens with one attached hydrogen (secondary N) is 2. The van der Waals surface area contributed by atoms with Crippen LogP contribution in [-0.4, -0.2) is 37.7 Å². The lowest BCUT2D eigenvalue weighted by molar-refractivity contribution is 0.102. The maximum Gasteiger partial charge on any atom is 0.259 e. The zero-order valence-corrected chi connectivity index (χ0v) is 16.8. The number of aromatic nitrogens is 5. The highest BCUT2D eigenvalue weighted by Crippen LogP contribution is 2.28. The largest absolute Gasteiger partial charge is 0.365 e. The van der Waals surface area contributed by atoms with Gasteiger partial charge in [-0.25, -0.2) is 14.4 Å². The van der Waals surface area contributed by atoms with E-state index in [2.05, 4.69) is 30.8 Å². The lowest BCUT2D eigenvalue weighted by Crippen LogP contribution is -2.15. The summed E-state index contributed by atoms with van der Waals surface area (Å²) in [6, 6.07) is 8.08. The highest BCUT2D eigenvalue weighted by atomic mass is 32.1. The Labute approximate surface area is 169 Å². The van der Waals surface area contributed by atoms with Crippen LogP contribution in [-0.2, 0) is 0 Å². The van der Waals surface area contributed by atoms with Gasteiger partial charge in [-0.15, -0.1) is 10.2 Å². The van der Waals surface area contributed by atoms with Gasteiger partial charge in [-0.3, -0.25) is 4.79 Å². The van der Waals surface area contributed by atoms with E-state index in [1.807, 2.05) is 18.4 Å². The summed E-state index contributed by atoms with van der Waals surface area (Å²) >= 11 is 1.35. The molecule has 3 aromatic heterocycles. The molecule has 0 saturated heterocycles. The maximum atomic E-state index is 14.5. The molecule has 0 aliphatic heterocycles. The quantitative estimate of drug-likeness (QED) is 0.516. The molecule has 0 bridgehead atoms. The van der Waals surface area contributed by atoms with Crippen LogP contribution in [0.2, 0.25) is 0 Å². The molecule has 148 valence electrons. The van der Waals surface area contributed by atoms with Crippen LogP contribution in [0.25, 0.3) is 21.7 Å². The van der Waals surface area contributed by atoms with Crippen molar-refractivity contribution >= 4 is 38.4 Å². The predicted octanol–water partition coefficient (Wildman–Crippen LogP) is 3.96. The van der Waals surface area contributed by atoms with Crippen molar-refractivity contribution in [2.75, 3.05) is 17.7 Å². The van der Waals surface area contributed by atoms with Gasteiger partial charge in [-0.2, -0.15) is 0 Å². The van der Waals surface area contributed by atoms with Crippen LogP contribution in [0.4, 0.5) is 15.3 Å². The van der Waals surface area contributed by atoms with Crippen molar-refractivity contribution in [1.29, 1.82) is 0 Å². The van der Waals surface area contributed by atoms with Crippen LogP contribution in [0.1, 0.15) is 30.2 Å². The SMILES string of the molecule is CNc1nc2cc(F)c(C(=O)Nc3cccc(-c4nncn4C(C)C)n3)cc2s1. The molecule has 0 spiro atoms. The number of fused-ring (bicyclic) bond motifs is 1. The van der Waals surface area contributed by atoms with Crippen molar-refractivity contribution in [2.45, 2.75) is 19.9 Å². The summed E-state index contributed by atoms with van der Waals surface area (Å²) in [7, 11) is 1.74. The van der Waals surface area contributed by atoms with Gasteiger partial charge < -0.3 is 15.2 Å². The minimum absolute atomic E-state index is 0.0682. The number of anilines is 2. The van der Waals surface area contributed by atoms with Crippen molar-refractivity contribution in [2.24, 2.45) is 0 Å². The van der Waals surface area contributed by atoms with E-state index in [4.69, 9.17) is 0 Å². The summed E-state index contributed by atoms with van der Waals surface area (Å²) in [6.45, 7) is 4.02. The molecule has 0 atom stereocenters. The third-order valence-electron chi connectivity index (χ3n) is 4.28. The first-order valence-corrected chi connectivity index (χ1v) is 9.74. The molecule has 3 heterocycles. The molecule has 1 amide bonds. The molecular weight excluding hydrogens is 393 g/mol. The van der Waals surface area contributed by atoms with E-state index >= 15 is 0 Å². The fourth-order valence-electron chi connectivity index (χ4n) is 2.85. The summed E-state index contributed by atoms with van der Waals surface area (Å²) in [4.78, 5) is 21.4. The number of pyridine rings is 1. The second kappa shape index (κ2) is 7.55. The molecule has 0 fully saturated rings. The van der Waals surface area contributed by atoms with E-state index in [9.17, 15) is 9.18 Å². The standard InChI is InChI=1S/C19H18FN7OS/c1-10(2)27-9-22-26-17(27)13-5-4-6-16(23-13)25-18(28)11-7-15-14(8-12(11)20)24-19(21-3)29-15/h4-10H,1-3H3,(H,21,24)(H,23,25,28). The van der Waals surface area contributed by atoms with E-state index in [0.717, 1.165) is 0 Å². The Morgan fingerprint density at radius 1 is 1.24 bits per heavy atom. The van der Waals surface area contributed by atoms with Gasteiger partial charge in [0.2, 0.25) is 0 Å². The minimum atomic E-state index is -0.640. The molecule has 8 nitrogen and oxygen atoms in total. The lowest BCUT2D eigenvalue weighted by Gasteiger charge is -2.11. The smallest absolute Gasteiger partial charge is 0.259 e. The van der Waals surface area contributed by atoms with Crippen molar-refractivity contribution in [3.8, 4) is 11.5 Å². The Kier molecular flexibility index (Phi) is 4.93. The number of benzene rings is 1. The second-order valence-electron chi connectivity index (χ2n) is 6.59. The van der Waals surface area contributed by atoms with Crippen molar-refractivity contribution in [3.63, 3.8) is 0 Å². The molecule has 0 saturated carbocycles. The van der Waals surface area contributed by atoms with Gasteiger partial charge in [-0.1, -0.05) is 17.4 Å².